The molecule has 0 aromatic rings. The number of guanidine groups is 1. The van der Waals surface area contributed by atoms with Crippen molar-refractivity contribution in [1.82, 2.24) is 15.5 Å². The summed E-state index contributed by atoms with van der Waals surface area (Å²) in [6.07, 6.45) is -1.31. The zero-order valence-corrected chi connectivity index (χ0v) is 15.7. The topological polar surface area (TPSA) is 69.1 Å². The lowest BCUT2D eigenvalue weighted by molar-refractivity contribution is 0.0301. The molecule has 1 aliphatic heterocycles. The molecule has 25 heavy (non-hydrogen) atoms. The second-order valence-electron chi connectivity index (χ2n) is 6.92. The maximum atomic E-state index is 12.4. The molecule has 0 aromatic carbocycles. The van der Waals surface area contributed by atoms with E-state index in [1.807, 2.05) is 6.92 Å². The molecule has 1 saturated heterocycles. The van der Waals surface area contributed by atoms with Crippen LogP contribution in [0.4, 0.5) is 8.78 Å². The molecule has 8 heteroatoms. The van der Waals surface area contributed by atoms with Gasteiger partial charge in [0.25, 0.3) is 6.43 Å². The number of halogens is 2. The third-order valence-corrected chi connectivity index (χ3v) is 3.89. The second kappa shape index (κ2) is 12.4. The predicted octanol–water partition coefficient (Wildman–Crippen LogP) is 1.30. The van der Waals surface area contributed by atoms with E-state index in [9.17, 15) is 13.9 Å². The van der Waals surface area contributed by atoms with Crippen molar-refractivity contribution in [3.05, 3.63) is 0 Å². The fourth-order valence-corrected chi connectivity index (χ4v) is 2.66. The van der Waals surface area contributed by atoms with E-state index in [1.165, 1.54) is 0 Å². The van der Waals surface area contributed by atoms with Gasteiger partial charge in [-0.25, -0.2) is 8.78 Å². The number of rotatable bonds is 10. The van der Waals surface area contributed by atoms with Gasteiger partial charge in [0.05, 0.1) is 25.8 Å². The summed E-state index contributed by atoms with van der Waals surface area (Å²) in [7, 11) is 0. The number of aliphatic hydroxyl groups is 1. The highest BCUT2D eigenvalue weighted by Gasteiger charge is 2.22. The Kier molecular flexibility index (Phi) is 10.9. The van der Waals surface area contributed by atoms with E-state index in [1.54, 1.807) is 4.90 Å². The van der Waals surface area contributed by atoms with E-state index in [2.05, 4.69) is 29.5 Å². The second-order valence-corrected chi connectivity index (χ2v) is 6.92. The van der Waals surface area contributed by atoms with Gasteiger partial charge in [-0.05, 0) is 25.7 Å². The Morgan fingerprint density at radius 2 is 1.96 bits per heavy atom. The monoisotopic (exact) mass is 364 g/mol. The molecule has 148 valence electrons. The van der Waals surface area contributed by atoms with Crippen molar-refractivity contribution in [2.45, 2.75) is 52.2 Å². The van der Waals surface area contributed by atoms with Gasteiger partial charge in [-0.15, -0.1) is 0 Å². The number of aliphatic imine (C=N–C) groups is 1. The largest absolute Gasteiger partial charge is 0.389 e. The highest BCUT2D eigenvalue weighted by molar-refractivity contribution is 5.80. The van der Waals surface area contributed by atoms with Crippen molar-refractivity contribution < 1.29 is 18.6 Å². The zero-order valence-electron chi connectivity index (χ0n) is 15.7. The van der Waals surface area contributed by atoms with E-state index in [-0.39, 0.29) is 25.7 Å². The highest BCUT2D eigenvalue weighted by Crippen LogP contribution is 2.11. The average molecular weight is 364 g/mol. The lowest BCUT2D eigenvalue weighted by Gasteiger charge is -2.32. The first kappa shape index (κ1) is 22.1. The third kappa shape index (κ3) is 10.6. The molecule has 6 nitrogen and oxygen atoms in total. The molecule has 0 spiro atoms. The van der Waals surface area contributed by atoms with Gasteiger partial charge in [0.15, 0.2) is 5.96 Å². The van der Waals surface area contributed by atoms with E-state index in [0.717, 1.165) is 19.4 Å². The number of alkyl halides is 2. The third-order valence-electron chi connectivity index (χ3n) is 3.89. The van der Waals surface area contributed by atoms with Crippen LogP contribution in [0.5, 0.6) is 0 Å². The quantitative estimate of drug-likeness (QED) is 0.403. The zero-order chi connectivity index (χ0) is 18.7. The molecule has 3 N–H and O–H groups in total. The molecule has 0 radical (unpaired) electrons. The molecule has 1 fully saturated rings. The summed E-state index contributed by atoms with van der Waals surface area (Å²) in [5, 5.41) is 16.4. The first-order valence-corrected chi connectivity index (χ1v) is 9.21. The van der Waals surface area contributed by atoms with Crippen LogP contribution in [0.3, 0.4) is 0 Å². The summed E-state index contributed by atoms with van der Waals surface area (Å²) >= 11 is 0. The number of hydrogen-bond donors (Lipinski definition) is 3. The molecule has 1 aliphatic rings. The van der Waals surface area contributed by atoms with Gasteiger partial charge in [0.1, 0.15) is 0 Å². The van der Waals surface area contributed by atoms with Gasteiger partial charge >= 0.3 is 0 Å². The van der Waals surface area contributed by atoms with E-state index in [4.69, 9.17) is 4.74 Å². The first-order chi connectivity index (χ1) is 11.9. The maximum absolute atomic E-state index is 12.4. The highest BCUT2D eigenvalue weighted by atomic mass is 19.3. The van der Waals surface area contributed by atoms with Crippen molar-refractivity contribution in [2.75, 3.05) is 45.9 Å². The van der Waals surface area contributed by atoms with Crippen LogP contribution >= 0.6 is 0 Å². The van der Waals surface area contributed by atoms with Gasteiger partial charge < -0.3 is 20.5 Å². The molecular weight excluding hydrogens is 330 g/mol. The van der Waals surface area contributed by atoms with Crippen LogP contribution < -0.4 is 10.6 Å². The van der Waals surface area contributed by atoms with Crippen molar-refractivity contribution in [3.8, 4) is 0 Å². The Morgan fingerprint density at radius 3 is 2.52 bits per heavy atom. The summed E-state index contributed by atoms with van der Waals surface area (Å²) in [5.74, 6) is 1.09. The fraction of sp³-hybridized carbons (Fsp3) is 0.941. The standard InChI is InChI=1S/C17H34F2N4O2/c1-4-20-17(21-9-15(24)12-25-11-13(2)3)22-14-5-7-23(8-6-14)10-16(18)19/h13-16,24H,4-12H2,1-3H3,(H2,20,21,22). The number of piperidine rings is 1. The summed E-state index contributed by atoms with van der Waals surface area (Å²) < 4.78 is 30.2. The number of ether oxygens (including phenoxy) is 1. The van der Waals surface area contributed by atoms with Gasteiger partial charge in [-0.1, -0.05) is 13.8 Å². The Hall–Kier alpha value is -0.990. The van der Waals surface area contributed by atoms with Crippen molar-refractivity contribution in [1.29, 1.82) is 0 Å². The molecule has 1 rings (SSSR count). The average Bonchev–Trinajstić information content (AvgIpc) is 2.54. The SMILES string of the molecule is CCNC(=NCC(O)COCC(C)C)NC1CCN(CC(F)F)CC1. The normalized spacial score (nSPS) is 18.8. The number of nitrogens with zero attached hydrogens (tertiary/aromatic N) is 2. The molecule has 0 amide bonds. The number of likely N-dealkylation sites (tertiary alicyclic amines) is 1. The minimum atomic E-state index is -2.28. The summed E-state index contributed by atoms with van der Waals surface area (Å²) in [5.41, 5.74) is 0. The summed E-state index contributed by atoms with van der Waals surface area (Å²) in [6, 6.07) is 0.209. The Morgan fingerprint density at radius 1 is 1.28 bits per heavy atom. The fourth-order valence-electron chi connectivity index (χ4n) is 2.66. The van der Waals surface area contributed by atoms with Crippen LogP contribution in [-0.2, 0) is 4.74 Å². The molecule has 0 saturated carbocycles. The van der Waals surface area contributed by atoms with E-state index < -0.39 is 12.5 Å². The summed E-state index contributed by atoms with van der Waals surface area (Å²) in [6.45, 7) is 9.14. The number of aliphatic hydroxyl groups excluding tert-OH is 1. The van der Waals surface area contributed by atoms with Crippen LogP contribution in [0.15, 0.2) is 4.99 Å². The Labute approximate surface area is 150 Å². The lowest BCUT2D eigenvalue weighted by Crippen LogP contribution is -2.49. The van der Waals surface area contributed by atoms with Crippen LogP contribution in [0.25, 0.3) is 0 Å². The van der Waals surface area contributed by atoms with Gasteiger partial charge in [0.2, 0.25) is 0 Å². The minimum Gasteiger partial charge on any atom is -0.389 e. The van der Waals surface area contributed by atoms with E-state index >= 15 is 0 Å². The molecule has 1 heterocycles. The molecule has 1 unspecified atom stereocenters. The van der Waals surface area contributed by atoms with Crippen molar-refractivity contribution in [2.24, 2.45) is 10.9 Å². The van der Waals surface area contributed by atoms with Gasteiger partial charge in [-0.2, -0.15) is 0 Å². The lowest BCUT2D eigenvalue weighted by atomic mass is 10.1. The Balaban J connectivity index is 2.35. The van der Waals surface area contributed by atoms with Crippen LogP contribution in [0, 0.1) is 5.92 Å². The van der Waals surface area contributed by atoms with Gasteiger partial charge in [-0.3, -0.25) is 9.89 Å². The predicted molar refractivity (Wildman–Crippen MR) is 96.2 cm³/mol. The van der Waals surface area contributed by atoms with Gasteiger partial charge in [0, 0.05) is 32.3 Å². The first-order valence-electron chi connectivity index (χ1n) is 9.21. The van der Waals surface area contributed by atoms with Crippen molar-refractivity contribution in [3.63, 3.8) is 0 Å². The Bertz CT molecular complexity index is 376. The molecule has 0 aromatic heterocycles. The molecule has 0 bridgehead atoms. The van der Waals surface area contributed by atoms with Crippen LogP contribution in [0.1, 0.15) is 33.6 Å². The minimum absolute atomic E-state index is 0.149. The molecule has 0 aliphatic carbocycles. The maximum Gasteiger partial charge on any atom is 0.251 e. The smallest absolute Gasteiger partial charge is 0.251 e. The number of nitrogens with one attached hydrogen (secondary N) is 2. The van der Waals surface area contributed by atoms with Crippen molar-refractivity contribution >= 4 is 5.96 Å². The van der Waals surface area contributed by atoms with E-state index in [0.29, 0.717) is 31.6 Å². The van der Waals surface area contributed by atoms with Crippen LogP contribution in [-0.4, -0.2) is 80.5 Å². The number of hydrogen-bond acceptors (Lipinski definition) is 4. The van der Waals surface area contributed by atoms with Crippen LogP contribution in [0.2, 0.25) is 0 Å². The molecule has 1 atom stereocenters. The molecular formula is C17H34F2N4O2. The summed E-state index contributed by atoms with van der Waals surface area (Å²) in [4.78, 5) is 6.20.